The molecule has 0 saturated carbocycles. The Morgan fingerprint density at radius 1 is 1.20 bits per heavy atom. The van der Waals surface area contributed by atoms with Crippen LogP contribution in [0.4, 0.5) is 0 Å². The Bertz CT molecular complexity index is 158. The highest BCUT2D eigenvalue weighted by Crippen LogP contribution is 2.08. The Kier molecular flexibility index (Phi) is 6.22. The normalized spacial score (nSPS) is 22.6. The molecule has 90 valence electrons. The lowest BCUT2D eigenvalue weighted by Gasteiger charge is -2.29. The smallest absolute Gasteiger partial charge is 0.0667 e. The maximum Gasteiger partial charge on any atom is 0.0667 e. The van der Waals surface area contributed by atoms with Crippen LogP contribution < -0.4 is 5.32 Å². The van der Waals surface area contributed by atoms with Gasteiger partial charge < -0.3 is 15.0 Å². The predicted octanol–water partition coefficient (Wildman–Crippen LogP) is 1.49. The average Bonchev–Trinajstić information content (AvgIpc) is 2.27. The molecule has 2 unspecified atom stereocenters. The van der Waals surface area contributed by atoms with Crippen molar-refractivity contribution in [2.75, 3.05) is 33.3 Å². The Balaban J connectivity index is 2.08. The van der Waals surface area contributed by atoms with E-state index in [1.54, 1.807) is 7.11 Å². The Morgan fingerprint density at radius 2 is 1.87 bits per heavy atom. The van der Waals surface area contributed by atoms with E-state index >= 15 is 0 Å². The number of likely N-dealkylation sites (tertiary alicyclic amines) is 1. The number of methoxy groups -OCH3 is 1. The molecule has 0 aliphatic carbocycles. The second kappa shape index (κ2) is 7.20. The van der Waals surface area contributed by atoms with Crippen LogP contribution in [0, 0.1) is 0 Å². The number of rotatable bonds is 6. The van der Waals surface area contributed by atoms with Gasteiger partial charge in [0.05, 0.1) is 6.10 Å². The van der Waals surface area contributed by atoms with Crippen molar-refractivity contribution in [2.45, 2.75) is 45.3 Å². The average molecular weight is 214 g/mol. The molecule has 3 heteroatoms. The first-order valence-corrected chi connectivity index (χ1v) is 6.21. The van der Waals surface area contributed by atoms with Crippen LogP contribution in [-0.4, -0.2) is 50.3 Å². The third-order valence-corrected chi connectivity index (χ3v) is 3.14. The minimum Gasteiger partial charge on any atom is -0.380 e. The minimum atomic E-state index is 0.314. The maximum atomic E-state index is 5.21. The summed E-state index contributed by atoms with van der Waals surface area (Å²) in [7, 11) is 1.77. The summed E-state index contributed by atoms with van der Waals surface area (Å²) in [5.41, 5.74) is 0. The van der Waals surface area contributed by atoms with Crippen molar-refractivity contribution in [2.24, 2.45) is 0 Å². The molecular weight excluding hydrogens is 188 g/mol. The molecule has 0 aromatic heterocycles. The molecular formula is C12H26N2O. The van der Waals surface area contributed by atoms with Crippen molar-refractivity contribution in [3.63, 3.8) is 0 Å². The monoisotopic (exact) mass is 214 g/mol. The summed E-state index contributed by atoms with van der Waals surface area (Å²) in [4.78, 5) is 2.57. The fraction of sp³-hybridized carbons (Fsp3) is 1.00. The van der Waals surface area contributed by atoms with Crippen LogP contribution in [0.5, 0.6) is 0 Å². The van der Waals surface area contributed by atoms with E-state index in [1.165, 1.54) is 38.9 Å². The molecule has 1 aliphatic rings. The third-order valence-electron chi connectivity index (χ3n) is 3.14. The lowest BCUT2D eigenvalue weighted by Crippen LogP contribution is -2.43. The predicted molar refractivity (Wildman–Crippen MR) is 64.2 cm³/mol. The van der Waals surface area contributed by atoms with E-state index in [2.05, 4.69) is 24.1 Å². The van der Waals surface area contributed by atoms with E-state index in [0.717, 1.165) is 6.54 Å². The van der Waals surface area contributed by atoms with E-state index in [9.17, 15) is 0 Å². The van der Waals surface area contributed by atoms with E-state index in [-0.39, 0.29) is 0 Å². The van der Waals surface area contributed by atoms with Gasteiger partial charge in [-0.3, -0.25) is 0 Å². The quantitative estimate of drug-likeness (QED) is 0.725. The van der Waals surface area contributed by atoms with Crippen LogP contribution in [0.1, 0.15) is 33.1 Å². The Hall–Kier alpha value is -0.120. The molecule has 1 heterocycles. The molecule has 1 rings (SSSR count). The highest BCUT2D eigenvalue weighted by atomic mass is 16.5. The molecule has 15 heavy (non-hydrogen) atoms. The number of nitrogens with one attached hydrogen (secondary N) is 1. The van der Waals surface area contributed by atoms with Gasteiger partial charge in [0.1, 0.15) is 0 Å². The largest absolute Gasteiger partial charge is 0.380 e. The van der Waals surface area contributed by atoms with Gasteiger partial charge in [-0.05, 0) is 39.8 Å². The number of ether oxygens (including phenoxy) is 1. The molecule has 0 aromatic carbocycles. The Labute approximate surface area is 94.2 Å². The molecule has 2 atom stereocenters. The van der Waals surface area contributed by atoms with Crippen LogP contribution in [0.25, 0.3) is 0 Å². The van der Waals surface area contributed by atoms with Crippen molar-refractivity contribution in [3.8, 4) is 0 Å². The zero-order valence-electron chi connectivity index (χ0n) is 10.5. The molecule has 1 saturated heterocycles. The molecule has 0 aromatic rings. The standard InChI is InChI=1S/C12H26N2O/c1-11(13-9-12(2)15-3)10-14-7-5-4-6-8-14/h11-13H,4-10H2,1-3H3. The summed E-state index contributed by atoms with van der Waals surface area (Å²) in [6, 6.07) is 0.570. The second-order valence-corrected chi connectivity index (χ2v) is 4.72. The van der Waals surface area contributed by atoms with Crippen LogP contribution >= 0.6 is 0 Å². The number of hydrogen-bond acceptors (Lipinski definition) is 3. The second-order valence-electron chi connectivity index (χ2n) is 4.72. The molecule has 0 bridgehead atoms. The summed E-state index contributed by atoms with van der Waals surface area (Å²) in [6.45, 7) is 9.05. The lowest BCUT2D eigenvalue weighted by atomic mass is 10.1. The van der Waals surface area contributed by atoms with Gasteiger partial charge in [-0.2, -0.15) is 0 Å². The fourth-order valence-electron chi connectivity index (χ4n) is 2.04. The van der Waals surface area contributed by atoms with Crippen molar-refractivity contribution in [1.82, 2.24) is 10.2 Å². The maximum absolute atomic E-state index is 5.21. The zero-order valence-corrected chi connectivity index (χ0v) is 10.5. The van der Waals surface area contributed by atoms with E-state index < -0.39 is 0 Å². The molecule has 1 aliphatic heterocycles. The van der Waals surface area contributed by atoms with Crippen molar-refractivity contribution >= 4 is 0 Å². The molecule has 3 nitrogen and oxygen atoms in total. The summed E-state index contributed by atoms with van der Waals surface area (Å²) in [6.07, 6.45) is 4.48. The minimum absolute atomic E-state index is 0.314. The van der Waals surface area contributed by atoms with Gasteiger partial charge in [-0.15, -0.1) is 0 Å². The van der Waals surface area contributed by atoms with E-state index in [0.29, 0.717) is 12.1 Å². The van der Waals surface area contributed by atoms with Crippen LogP contribution in [-0.2, 0) is 4.74 Å². The third kappa shape index (κ3) is 5.50. The summed E-state index contributed by atoms with van der Waals surface area (Å²) in [5, 5.41) is 3.51. The molecule has 1 N–H and O–H groups in total. The van der Waals surface area contributed by atoms with Gasteiger partial charge in [-0.25, -0.2) is 0 Å². The van der Waals surface area contributed by atoms with E-state index in [1.807, 2.05) is 0 Å². The van der Waals surface area contributed by atoms with Crippen LogP contribution in [0.2, 0.25) is 0 Å². The highest BCUT2D eigenvalue weighted by molar-refractivity contribution is 4.71. The SMILES string of the molecule is COC(C)CNC(C)CN1CCCCC1. The summed E-state index contributed by atoms with van der Waals surface area (Å²) < 4.78 is 5.21. The van der Waals surface area contributed by atoms with E-state index in [4.69, 9.17) is 4.74 Å². The summed E-state index contributed by atoms with van der Waals surface area (Å²) >= 11 is 0. The first kappa shape index (κ1) is 12.9. The zero-order chi connectivity index (χ0) is 11.1. The van der Waals surface area contributed by atoms with Crippen LogP contribution in [0.15, 0.2) is 0 Å². The topological polar surface area (TPSA) is 24.5 Å². The van der Waals surface area contributed by atoms with Gasteiger partial charge in [0, 0.05) is 26.2 Å². The van der Waals surface area contributed by atoms with Gasteiger partial charge in [-0.1, -0.05) is 6.42 Å². The van der Waals surface area contributed by atoms with Gasteiger partial charge >= 0.3 is 0 Å². The molecule has 1 fully saturated rings. The van der Waals surface area contributed by atoms with Gasteiger partial charge in [0.2, 0.25) is 0 Å². The van der Waals surface area contributed by atoms with Crippen molar-refractivity contribution < 1.29 is 4.74 Å². The van der Waals surface area contributed by atoms with Crippen LogP contribution in [0.3, 0.4) is 0 Å². The fourth-order valence-corrected chi connectivity index (χ4v) is 2.04. The van der Waals surface area contributed by atoms with Crippen molar-refractivity contribution in [1.29, 1.82) is 0 Å². The van der Waals surface area contributed by atoms with Gasteiger partial charge in [0.15, 0.2) is 0 Å². The first-order valence-electron chi connectivity index (χ1n) is 6.21. The Morgan fingerprint density at radius 3 is 2.47 bits per heavy atom. The number of hydrogen-bond donors (Lipinski definition) is 1. The highest BCUT2D eigenvalue weighted by Gasteiger charge is 2.13. The molecule has 0 radical (unpaired) electrons. The lowest BCUT2D eigenvalue weighted by molar-refractivity contribution is 0.111. The summed E-state index contributed by atoms with van der Waals surface area (Å²) in [5.74, 6) is 0. The number of piperidine rings is 1. The van der Waals surface area contributed by atoms with Gasteiger partial charge in [0.25, 0.3) is 0 Å². The molecule has 0 amide bonds. The number of nitrogens with zero attached hydrogens (tertiary/aromatic N) is 1. The van der Waals surface area contributed by atoms with Crippen molar-refractivity contribution in [3.05, 3.63) is 0 Å². The first-order chi connectivity index (χ1) is 7.22. The molecule has 0 spiro atoms.